The van der Waals surface area contributed by atoms with E-state index in [1.54, 1.807) is 6.07 Å². The zero-order valence-corrected chi connectivity index (χ0v) is 14.7. The number of urea groups is 1. The Kier molecular flexibility index (Phi) is 5.61. The van der Waals surface area contributed by atoms with Gasteiger partial charge in [-0.2, -0.15) is 0 Å². The molecule has 0 radical (unpaired) electrons. The minimum absolute atomic E-state index is 0.226. The number of phenolic OH excluding ortho intramolecular Hbond substituents is 1. The number of aromatic hydroxyl groups is 1. The van der Waals surface area contributed by atoms with Gasteiger partial charge in [0.2, 0.25) is 0 Å². The molecule has 0 bridgehead atoms. The minimum Gasteiger partial charge on any atom is -0.508 e. The van der Waals surface area contributed by atoms with Crippen LogP contribution in [-0.2, 0) is 6.42 Å². The summed E-state index contributed by atoms with van der Waals surface area (Å²) in [6, 6.07) is 8.02. The van der Waals surface area contributed by atoms with Crippen LogP contribution in [0, 0.1) is 0 Å². The van der Waals surface area contributed by atoms with Gasteiger partial charge in [0.25, 0.3) is 0 Å². The Morgan fingerprint density at radius 3 is 2.71 bits per heavy atom. The van der Waals surface area contributed by atoms with Crippen molar-refractivity contribution in [2.75, 3.05) is 39.8 Å². The number of amides is 2. The third-order valence-corrected chi connectivity index (χ3v) is 5.32. The number of likely N-dealkylation sites (tertiary alicyclic amines) is 1. The molecule has 2 aliphatic rings. The SMILES string of the molecule is CN1CCN(C(=O)N2CCCC[C@@H]2CCc2cccc(O)c2)CC1. The average Bonchev–Trinajstić information content (AvgIpc) is 2.60. The molecule has 5 nitrogen and oxygen atoms in total. The Bertz CT molecular complexity index is 555. The van der Waals surface area contributed by atoms with Gasteiger partial charge in [-0.3, -0.25) is 0 Å². The number of likely N-dealkylation sites (N-methyl/N-ethyl adjacent to an activating group) is 1. The van der Waals surface area contributed by atoms with Crippen molar-refractivity contribution in [3.63, 3.8) is 0 Å². The molecule has 1 N–H and O–H groups in total. The van der Waals surface area contributed by atoms with E-state index in [9.17, 15) is 9.90 Å². The minimum atomic E-state index is 0.226. The number of carbonyl (C=O) groups excluding carboxylic acids is 1. The van der Waals surface area contributed by atoms with Gasteiger partial charge in [-0.05, 0) is 56.8 Å². The Balaban J connectivity index is 1.59. The fraction of sp³-hybridized carbons (Fsp3) is 0.632. The van der Waals surface area contributed by atoms with Crippen molar-refractivity contribution in [1.29, 1.82) is 0 Å². The molecule has 2 aliphatic heterocycles. The van der Waals surface area contributed by atoms with Crippen molar-refractivity contribution in [2.45, 2.75) is 38.1 Å². The maximum atomic E-state index is 12.9. The molecule has 0 saturated carbocycles. The van der Waals surface area contributed by atoms with E-state index in [1.165, 1.54) is 6.42 Å². The third kappa shape index (κ3) is 4.20. The molecule has 3 rings (SSSR count). The summed E-state index contributed by atoms with van der Waals surface area (Å²) in [7, 11) is 2.11. The number of aryl methyl sites for hydroxylation is 1. The van der Waals surface area contributed by atoms with Crippen LogP contribution in [0.1, 0.15) is 31.2 Å². The van der Waals surface area contributed by atoms with Crippen LogP contribution in [0.15, 0.2) is 24.3 Å². The van der Waals surface area contributed by atoms with Crippen LogP contribution in [0.2, 0.25) is 0 Å². The monoisotopic (exact) mass is 331 g/mol. The molecule has 24 heavy (non-hydrogen) atoms. The van der Waals surface area contributed by atoms with Crippen molar-refractivity contribution >= 4 is 6.03 Å². The number of hydrogen-bond acceptors (Lipinski definition) is 3. The first kappa shape index (κ1) is 17.1. The molecule has 2 heterocycles. The topological polar surface area (TPSA) is 47.0 Å². The molecule has 132 valence electrons. The number of piperidine rings is 1. The lowest BCUT2D eigenvalue weighted by Crippen LogP contribution is -2.55. The van der Waals surface area contributed by atoms with Crippen molar-refractivity contribution in [2.24, 2.45) is 0 Å². The molecule has 0 unspecified atom stereocenters. The second-order valence-corrected chi connectivity index (χ2v) is 7.12. The second-order valence-electron chi connectivity index (χ2n) is 7.12. The highest BCUT2D eigenvalue weighted by Crippen LogP contribution is 2.24. The quantitative estimate of drug-likeness (QED) is 0.926. The smallest absolute Gasteiger partial charge is 0.320 e. The molecule has 0 spiro atoms. The van der Waals surface area contributed by atoms with Gasteiger partial charge >= 0.3 is 6.03 Å². The van der Waals surface area contributed by atoms with Gasteiger partial charge in [0, 0.05) is 38.8 Å². The van der Waals surface area contributed by atoms with Gasteiger partial charge in [0.1, 0.15) is 5.75 Å². The molecule has 0 aliphatic carbocycles. The fourth-order valence-electron chi connectivity index (χ4n) is 3.78. The van der Waals surface area contributed by atoms with Gasteiger partial charge in [-0.25, -0.2) is 4.79 Å². The highest BCUT2D eigenvalue weighted by Gasteiger charge is 2.30. The van der Waals surface area contributed by atoms with Crippen molar-refractivity contribution < 1.29 is 9.90 Å². The summed E-state index contributed by atoms with van der Waals surface area (Å²) in [5, 5.41) is 9.61. The summed E-state index contributed by atoms with van der Waals surface area (Å²) in [6.45, 7) is 4.49. The maximum absolute atomic E-state index is 12.9. The molecule has 1 aromatic rings. The van der Waals surface area contributed by atoms with E-state index in [1.807, 2.05) is 17.0 Å². The Hall–Kier alpha value is -1.75. The first-order valence-corrected chi connectivity index (χ1v) is 9.15. The number of phenols is 1. The highest BCUT2D eigenvalue weighted by atomic mass is 16.3. The summed E-state index contributed by atoms with van der Waals surface area (Å²) in [6.07, 6.45) is 5.30. The van der Waals surface area contributed by atoms with Crippen LogP contribution in [0.3, 0.4) is 0 Å². The van der Waals surface area contributed by atoms with Gasteiger partial charge in [0.15, 0.2) is 0 Å². The first-order chi connectivity index (χ1) is 11.6. The largest absolute Gasteiger partial charge is 0.508 e. The Labute approximate surface area is 144 Å². The van der Waals surface area contributed by atoms with E-state index in [2.05, 4.69) is 22.9 Å². The van der Waals surface area contributed by atoms with E-state index in [4.69, 9.17) is 0 Å². The standard InChI is InChI=1S/C19H29N3O2/c1-20-11-13-21(14-12-20)19(24)22-10-3-2-6-17(22)9-8-16-5-4-7-18(23)15-16/h4-5,7,15,17,23H,2-3,6,8-14H2,1H3/t17-/m1/s1. The maximum Gasteiger partial charge on any atom is 0.320 e. The Morgan fingerprint density at radius 2 is 1.96 bits per heavy atom. The van der Waals surface area contributed by atoms with Crippen molar-refractivity contribution in [3.8, 4) is 5.75 Å². The zero-order chi connectivity index (χ0) is 16.9. The number of hydrogen-bond donors (Lipinski definition) is 1. The van der Waals surface area contributed by atoms with Gasteiger partial charge in [-0.1, -0.05) is 12.1 Å². The molecule has 2 saturated heterocycles. The molecule has 0 aromatic heterocycles. The lowest BCUT2D eigenvalue weighted by molar-refractivity contribution is 0.0928. The van der Waals surface area contributed by atoms with Crippen LogP contribution in [0.5, 0.6) is 5.75 Å². The third-order valence-electron chi connectivity index (χ3n) is 5.32. The normalized spacial score (nSPS) is 22.6. The predicted molar refractivity (Wildman–Crippen MR) is 95.2 cm³/mol. The Morgan fingerprint density at radius 1 is 1.17 bits per heavy atom. The summed E-state index contributed by atoms with van der Waals surface area (Å²) < 4.78 is 0. The number of nitrogens with zero attached hydrogens (tertiary/aromatic N) is 3. The van der Waals surface area contributed by atoms with Crippen molar-refractivity contribution in [3.05, 3.63) is 29.8 Å². The van der Waals surface area contributed by atoms with E-state index >= 15 is 0 Å². The van der Waals surface area contributed by atoms with Crippen LogP contribution in [0.25, 0.3) is 0 Å². The van der Waals surface area contributed by atoms with Crippen LogP contribution in [-0.4, -0.2) is 71.7 Å². The second kappa shape index (κ2) is 7.88. The van der Waals surface area contributed by atoms with E-state index in [-0.39, 0.29) is 6.03 Å². The predicted octanol–water partition coefficient (Wildman–Crippen LogP) is 2.55. The van der Waals surface area contributed by atoms with Crippen LogP contribution >= 0.6 is 0 Å². The number of benzene rings is 1. The zero-order valence-electron chi connectivity index (χ0n) is 14.7. The first-order valence-electron chi connectivity index (χ1n) is 9.15. The molecular weight excluding hydrogens is 302 g/mol. The van der Waals surface area contributed by atoms with Crippen LogP contribution in [0.4, 0.5) is 4.79 Å². The molecule has 1 atom stereocenters. The molecule has 5 heteroatoms. The molecule has 1 aromatic carbocycles. The number of carbonyl (C=O) groups is 1. The van der Waals surface area contributed by atoms with E-state index in [0.29, 0.717) is 11.8 Å². The van der Waals surface area contributed by atoms with E-state index < -0.39 is 0 Å². The summed E-state index contributed by atoms with van der Waals surface area (Å²) >= 11 is 0. The number of rotatable bonds is 3. The lowest BCUT2D eigenvalue weighted by atomic mass is 9.96. The summed E-state index contributed by atoms with van der Waals surface area (Å²) in [5.41, 5.74) is 1.15. The average molecular weight is 331 g/mol. The van der Waals surface area contributed by atoms with Gasteiger partial charge in [0.05, 0.1) is 0 Å². The van der Waals surface area contributed by atoms with Gasteiger partial charge in [-0.15, -0.1) is 0 Å². The summed E-state index contributed by atoms with van der Waals surface area (Å²) in [5.74, 6) is 0.321. The van der Waals surface area contributed by atoms with Gasteiger partial charge < -0.3 is 19.8 Å². The number of piperazine rings is 1. The lowest BCUT2D eigenvalue weighted by Gasteiger charge is -2.41. The fourth-order valence-corrected chi connectivity index (χ4v) is 3.78. The molecule has 2 fully saturated rings. The summed E-state index contributed by atoms with van der Waals surface area (Å²) in [4.78, 5) is 19.3. The van der Waals surface area contributed by atoms with Crippen LogP contribution < -0.4 is 0 Å². The van der Waals surface area contributed by atoms with Crippen molar-refractivity contribution in [1.82, 2.24) is 14.7 Å². The molecular formula is C19H29N3O2. The van der Waals surface area contributed by atoms with E-state index in [0.717, 1.165) is 64.0 Å². The highest BCUT2D eigenvalue weighted by molar-refractivity contribution is 5.75. The molecule has 2 amide bonds.